The Morgan fingerprint density at radius 3 is 2.24 bits per heavy atom. The minimum atomic E-state index is -4.79. The summed E-state index contributed by atoms with van der Waals surface area (Å²) >= 11 is 0. The van der Waals surface area contributed by atoms with Crippen LogP contribution in [-0.2, 0) is 16.2 Å². The number of likely N-dealkylation sites (N-methyl/N-ethyl adjacent to an activating group) is 1. The van der Waals surface area contributed by atoms with E-state index in [1.807, 2.05) is 0 Å². The molecule has 0 fully saturated rings. The van der Waals surface area contributed by atoms with Gasteiger partial charge >= 0.3 is 6.18 Å². The average molecular weight is 435 g/mol. The molecule has 2 aromatic rings. The summed E-state index contributed by atoms with van der Waals surface area (Å²) in [6.45, 7) is 0.993. The fraction of sp³-hybridized carbons (Fsp3) is 0.294. The molecule has 2 rings (SSSR count). The van der Waals surface area contributed by atoms with Crippen LogP contribution in [0.15, 0.2) is 47.4 Å². The molecule has 0 amide bonds. The van der Waals surface area contributed by atoms with E-state index in [0.717, 1.165) is 34.6 Å². The highest BCUT2D eigenvalue weighted by Gasteiger charge is 2.32. The second-order valence-corrected chi connectivity index (χ2v) is 8.02. The maximum absolute atomic E-state index is 13.6. The zero-order valence-electron chi connectivity index (χ0n) is 15.1. The minimum Gasteiger partial charge on any atom is -0.323 e. The predicted octanol–water partition coefficient (Wildman–Crippen LogP) is 3.46. The first-order valence-electron chi connectivity index (χ1n) is 8.24. The minimum absolute atomic E-state index is 0.0749. The van der Waals surface area contributed by atoms with Crippen LogP contribution in [0.4, 0.5) is 23.2 Å². The van der Waals surface area contributed by atoms with Gasteiger partial charge in [0.15, 0.2) is 0 Å². The summed E-state index contributed by atoms with van der Waals surface area (Å²) in [7, 11) is -4.13. The Kier molecular flexibility index (Phi) is 6.60. The number of non-ortho nitro benzene ring substituents is 1. The molecule has 7 nitrogen and oxygen atoms in total. The highest BCUT2D eigenvalue weighted by Crippen LogP contribution is 2.32. The Morgan fingerprint density at radius 2 is 1.76 bits per heavy atom. The summed E-state index contributed by atoms with van der Waals surface area (Å²) in [5.74, 6) is -1.15. The zero-order valence-corrected chi connectivity index (χ0v) is 15.9. The van der Waals surface area contributed by atoms with Crippen LogP contribution in [0, 0.1) is 15.9 Å². The molecule has 0 aliphatic rings. The molecular weight excluding hydrogens is 418 g/mol. The normalized spacial score (nSPS) is 13.5. The lowest BCUT2D eigenvalue weighted by molar-refractivity contribution is -0.384. The molecule has 2 aromatic carbocycles. The number of nitro groups is 1. The van der Waals surface area contributed by atoms with Crippen molar-refractivity contribution in [3.63, 3.8) is 0 Å². The third-order valence-corrected chi connectivity index (χ3v) is 6.07. The molecule has 0 aromatic heterocycles. The van der Waals surface area contributed by atoms with Gasteiger partial charge in [0.25, 0.3) is 5.69 Å². The van der Waals surface area contributed by atoms with E-state index in [2.05, 4.69) is 0 Å². The second kappa shape index (κ2) is 8.43. The van der Waals surface area contributed by atoms with Crippen molar-refractivity contribution >= 4 is 15.7 Å². The molecule has 0 aliphatic heterocycles. The molecule has 158 valence electrons. The van der Waals surface area contributed by atoms with Gasteiger partial charge in [-0.05, 0) is 35.9 Å². The number of nitro benzene ring substituents is 1. The molecule has 1 atom stereocenters. The van der Waals surface area contributed by atoms with E-state index in [9.17, 15) is 36.1 Å². The predicted molar refractivity (Wildman–Crippen MR) is 95.9 cm³/mol. The summed E-state index contributed by atoms with van der Waals surface area (Å²) in [4.78, 5) is 9.77. The van der Waals surface area contributed by atoms with Crippen LogP contribution in [0.25, 0.3) is 0 Å². The number of hydrogen-bond acceptors (Lipinski definition) is 5. The molecule has 12 heteroatoms. The molecule has 0 spiro atoms. The van der Waals surface area contributed by atoms with E-state index in [1.165, 1.54) is 6.92 Å². The Morgan fingerprint density at radius 1 is 1.17 bits per heavy atom. The molecule has 0 heterocycles. The number of hydrogen-bond donors (Lipinski definition) is 1. The largest absolute Gasteiger partial charge is 0.416 e. The number of halogens is 4. The topological polar surface area (TPSA) is 107 Å². The molecule has 0 unspecified atom stereocenters. The van der Waals surface area contributed by atoms with Crippen LogP contribution >= 0.6 is 0 Å². The first kappa shape index (κ1) is 22.7. The molecule has 0 bridgehead atoms. The van der Waals surface area contributed by atoms with Gasteiger partial charge < -0.3 is 5.73 Å². The van der Waals surface area contributed by atoms with Crippen molar-refractivity contribution in [2.75, 3.05) is 13.1 Å². The Bertz CT molecular complexity index is 995. The summed E-state index contributed by atoms with van der Waals surface area (Å²) < 4.78 is 78.6. The molecule has 0 radical (unpaired) electrons. The van der Waals surface area contributed by atoms with Crippen molar-refractivity contribution in [1.82, 2.24) is 4.31 Å². The fourth-order valence-electron chi connectivity index (χ4n) is 2.60. The zero-order chi connectivity index (χ0) is 22.0. The SMILES string of the molecule is CCN(C[C@@H](N)c1cc(F)cc(C(F)(F)F)c1)S(=O)(=O)c1ccc([N+](=O)[O-])cc1. The highest BCUT2D eigenvalue weighted by molar-refractivity contribution is 7.89. The average Bonchev–Trinajstić information content (AvgIpc) is 2.64. The Labute approximate surface area is 163 Å². The van der Waals surface area contributed by atoms with Crippen molar-refractivity contribution in [3.8, 4) is 0 Å². The van der Waals surface area contributed by atoms with Gasteiger partial charge in [0, 0.05) is 31.3 Å². The molecule has 0 saturated carbocycles. The molecule has 0 saturated heterocycles. The maximum atomic E-state index is 13.6. The van der Waals surface area contributed by atoms with Crippen LogP contribution in [-0.4, -0.2) is 30.7 Å². The highest BCUT2D eigenvalue weighted by atomic mass is 32.2. The first-order valence-corrected chi connectivity index (χ1v) is 9.68. The van der Waals surface area contributed by atoms with Gasteiger partial charge in [-0.25, -0.2) is 12.8 Å². The fourth-order valence-corrected chi connectivity index (χ4v) is 4.08. The van der Waals surface area contributed by atoms with Crippen LogP contribution < -0.4 is 5.73 Å². The van der Waals surface area contributed by atoms with E-state index < -0.39 is 45.1 Å². The van der Waals surface area contributed by atoms with Gasteiger partial charge in [-0.1, -0.05) is 6.92 Å². The number of benzene rings is 2. The van der Waals surface area contributed by atoms with Gasteiger partial charge in [-0.2, -0.15) is 17.5 Å². The lowest BCUT2D eigenvalue weighted by atomic mass is 10.0. The lowest BCUT2D eigenvalue weighted by Gasteiger charge is -2.24. The number of sulfonamides is 1. The first-order chi connectivity index (χ1) is 13.4. The third kappa shape index (κ3) is 5.28. The molecule has 2 N–H and O–H groups in total. The van der Waals surface area contributed by atoms with Crippen molar-refractivity contribution in [3.05, 3.63) is 69.5 Å². The maximum Gasteiger partial charge on any atom is 0.416 e. The standard InChI is InChI=1S/C17H17F4N3O4S/c1-2-23(29(27,28)15-5-3-14(4-6-15)24(25)26)10-16(22)11-7-12(17(19,20)21)9-13(18)8-11/h3-9,16H,2,10,22H2,1H3/t16-/m1/s1. The van der Waals surface area contributed by atoms with E-state index >= 15 is 0 Å². The van der Waals surface area contributed by atoms with Gasteiger partial charge in [-0.3, -0.25) is 10.1 Å². The second-order valence-electron chi connectivity index (χ2n) is 6.08. The quantitative estimate of drug-likeness (QED) is 0.407. The van der Waals surface area contributed by atoms with Crippen LogP contribution in [0.5, 0.6) is 0 Å². The summed E-state index contributed by atoms with van der Waals surface area (Å²) in [6.07, 6.45) is -4.79. The van der Waals surface area contributed by atoms with Gasteiger partial charge in [-0.15, -0.1) is 0 Å². The van der Waals surface area contributed by atoms with Gasteiger partial charge in [0.2, 0.25) is 10.0 Å². The van der Waals surface area contributed by atoms with E-state index in [1.54, 1.807) is 0 Å². The van der Waals surface area contributed by atoms with E-state index in [0.29, 0.717) is 12.1 Å². The molecule has 29 heavy (non-hydrogen) atoms. The van der Waals surface area contributed by atoms with Crippen LogP contribution in [0.2, 0.25) is 0 Å². The summed E-state index contributed by atoms with van der Waals surface area (Å²) in [6, 6.07) is 4.69. The number of nitrogens with two attached hydrogens (primary N) is 1. The van der Waals surface area contributed by atoms with Crippen molar-refractivity contribution in [2.45, 2.75) is 24.0 Å². The van der Waals surface area contributed by atoms with Crippen LogP contribution in [0.1, 0.15) is 24.1 Å². The Balaban J connectivity index is 2.31. The monoisotopic (exact) mass is 435 g/mol. The summed E-state index contributed by atoms with van der Waals surface area (Å²) in [5.41, 5.74) is 4.11. The number of alkyl halides is 3. The smallest absolute Gasteiger partial charge is 0.323 e. The van der Waals surface area contributed by atoms with Crippen LogP contribution in [0.3, 0.4) is 0 Å². The van der Waals surface area contributed by atoms with Crippen molar-refractivity contribution in [1.29, 1.82) is 0 Å². The van der Waals surface area contributed by atoms with Crippen molar-refractivity contribution in [2.24, 2.45) is 5.73 Å². The van der Waals surface area contributed by atoms with E-state index in [4.69, 9.17) is 5.73 Å². The number of nitrogens with zero attached hydrogens (tertiary/aromatic N) is 2. The van der Waals surface area contributed by atoms with Gasteiger partial charge in [0.05, 0.1) is 15.4 Å². The number of rotatable bonds is 7. The Hall–Kier alpha value is -2.57. The van der Waals surface area contributed by atoms with Crippen molar-refractivity contribution < 1.29 is 30.9 Å². The van der Waals surface area contributed by atoms with Gasteiger partial charge in [0.1, 0.15) is 5.82 Å². The lowest BCUT2D eigenvalue weighted by Crippen LogP contribution is -2.37. The van der Waals surface area contributed by atoms with E-state index in [-0.39, 0.29) is 22.7 Å². The third-order valence-electron chi connectivity index (χ3n) is 4.11. The molecular formula is C17H17F4N3O4S. The summed E-state index contributed by atoms with van der Waals surface area (Å²) in [5, 5.41) is 10.7. The molecule has 0 aliphatic carbocycles.